The zero-order valence-corrected chi connectivity index (χ0v) is 9.15. The van der Waals surface area contributed by atoms with Crippen LogP contribution in [0.5, 0.6) is 0 Å². The van der Waals surface area contributed by atoms with E-state index in [1.807, 2.05) is 4.90 Å². The Kier molecular flexibility index (Phi) is 3.59. The molecule has 2 saturated heterocycles. The van der Waals surface area contributed by atoms with Gasteiger partial charge in [-0.15, -0.1) is 0 Å². The summed E-state index contributed by atoms with van der Waals surface area (Å²) in [5.74, 6) is 0.107. The van der Waals surface area contributed by atoms with Gasteiger partial charge in [0.25, 0.3) is 0 Å². The fourth-order valence-corrected chi connectivity index (χ4v) is 2.35. The fourth-order valence-electron chi connectivity index (χ4n) is 2.35. The minimum atomic E-state index is -0.276. The van der Waals surface area contributed by atoms with Crippen molar-refractivity contribution in [1.82, 2.24) is 4.90 Å². The number of carbonyl (C=O) groups excluding carboxylic acids is 1. The van der Waals surface area contributed by atoms with Crippen LogP contribution in [0.4, 0.5) is 0 Å². The van der Waals surface area contributed by atoms with Gasteiger partial charge in [-0.2, -0.15) is 0 Å². The Morgan fingerprint density at radius 1 is 1.33 bits per heavy atom. The molecule has 0 saturated carbocycles. The summed E-state index contributed by atoms with van der Waals surface area (Å²) in [4.78, 5) is 13.6. The third kappa shape index (κ3) is 2.69. The summed E-state index contributed by atoms with van der Waals surface area (Å²) >= 11 is 0. The number of nitrogens with two attached hydrogens (primary N) is 1. The van der Waals surface area contributed by atoms with Crippen molar-refractivity contribution < 1.29 is 9.53 Å². The van der Waals surface area contributed by atoms with E-state index in [9.17, 15) is 4.79 Å². The molecule has 2 atom stereocenters. The molecular formula is C11H20N2O2. The number of hydrogen-bond acceptors (Lipinski definition) is 3. The van der Waals surface area contributed by atoms with Crippen LogP contribution in [0, 0.1) is 0 Å². The third-order valence-electron chi connectivity index (χ3n) is 3.27. The summed E-state index contributed by atoms with van der Waals surface area (Å²) in [6, 6.07) is -0.276. The molecule has 2 unspecified atom stereocenters. The Bertz CT molecular complexity index is 227. The molecular weight excluding hydrogens is 192 g/mol. The zero-order chi connectivity index (χ0) is 10.7. The van der Waals surface area contributed by atoms with Crippen LogP contribution in [0.1, 0.15) is 32.1 Å². The molecule has 2 fully saturated rings. The van der Waals surface area contributed by atoms with Crippen molar-refractivity contribution in [2.75, 3.05) is 19.7 Å². The fraction of sp³-hybridized carbons (Fsp3) is 0.909. The number of nitrogens with zero attached hydrogens (tertiary/aromatic N) is 1. The van der Waals surface area contributed by atoms with Gasteiger partial charge in [0, 0.05) is 19.7 Å². The second kappa shape index (κ2) is 4.94. The van der Waals surface area contributed by atoms with Gasteiger partial charge in [0.2, 0.25) is 5.91 Å². The predicted molar refractivity (Wildman–Crippen MR) is 57.4 cm³/mol. The maximum absolute atomic E-state index is 11.7. The average molecular weight is 212 g/mol. The Hall–Kier alpha value is -0.610. The van der Waals surface area contributed by atoms with E-state index in [2.05, 4.69) is 0 Å². The lowest BCUT2D eigenvalue weighted by atomic mass is 10.0. The van der Waals surface area contributed by atoms with Gasteiger partial charge in [-0.3, -0.25) is 4.79 Å². The number of rotatable bonds is 2. The van der Waals surface area contributed by atoms with Crippen molar-refractivity contribution in [1.29, 1.82) is 0 Å². The van der Waals surface area contributed by atoms with Crippen molar-refractivity contribution in [2.24, 2.45) is 5.73 Å². The number of amides is 1. The van der Waals surface area contributed by atoms with Gasteiger partial charge in [-0.25, -0.2) is 0 Å². The first-order valence-corrected chi connectivity index (χ1v) is 5.93. The number of piperidine rings is 1. The van der Waals surface area contributed by atoms with Gasteiger partial charge < -0.3 is 15.4 Å². The van der Waals surface area contributed by atoms with Crippen LogP contribution in [0.3, 0.4) is 0 Å². The average Bonchev–Trinajstić information content (AvgIpc) is 2.26. The third-order valence-corrected chi connectivity index (χ3v) is 3.27. The normalized spacial score (nSPS) is 33.1. The molecule has 0 aromatic rings. The van der Waals surface area contributed by atoms with E-state index in [1.165, 1.54) is 6.42 Å². The molecule has 0 aromatic carbocycles. The molecule has 0 radical (unpaired) electrons. The second-order valence-electron chi connectivity index (χ2n) is 4.52. The van der Waals surface area contributed by atoms with Crippen LogP contribution < -0.4 is 5.73 Å². The van der Waals surface area contributed by atoms with Crippen LogP contribution in [0.15, 0.2) is 0 Å². The van der Waals surface area contributed by atoms with E-state index in [-0.39, 0.29) is 18.1 Å². The highest BCUT2D eigenvalue weighted by Crippen LogP contribution is 2.17. The molecule has 86 valence electrons. The predicted octanol–water partition coefficient (Wildman–Crippen LogP) is 0.505. The topological polar surface area (TPSA) is 55.6 Å². The summed E-state index contributed by atoms with van der Waals surface area (Å²) in [6.07, 6.45) is 5.57. The molecule has 2 aliphatic heterocycles. The van der Waals surface area contributed by atoms with Gasteiger partial charge in [0.15, 0.2) is 0 Å². The molecule has 2 heterocycles. The minimum absolute atomic E-state index is 0.107. The second-order valence-corrected chi connectivity index (χ2v) is 4.52. The first-order valence-electron chi connectivity index (χ1n) is 5.93. The molecule has 0 aromatic heterocycles. The molecule has 0 spiro atoms. The summed E-state index contributed by atoms with van der Waals surface area (Å²) in [5, 5.41) is 0. The monoisotopic (exact) mass is 212 g/mol. The highest BCUT2D eigenvalue weighted by Gasteiger charge is 2.28. The largest absolute Gasteiger partial charge is 0.376 e. The van der Waals surface area contributed by atoms with Crippen LogP contribution in [0.25, 0.3) is 0 Å². The molecule has 4 heteroatoms. The van der Waals surface area contributed by atoms with Gasteiger partial charge >= 0.3 is 0 Å². The molecule has 1 amide bonds. The molecule has 0 bridgehead atoms. The van der Waals surface area contributed by atoms with Crippen molar-refractivity contribution in [3.8, 4) is 0 Å². The lowest BCUT2D eigenvalue weighted by molar-refractivity contribution is -0.137. The first-order chi connectivity index (χ1) is 7.27. The van der Waals surface area contributed by atoms with E-state index < -0.39 is 0 Å². The number of ether oxygens (including phenoxy) is 1. The lowest BCUT2D eigenvalue weighted by Gasteiger charge is -2.34. The molecule has 15 heavy (non-hydrogen) atoms. The van der Waals surface area contributed by atoms with E-state index in [0.29, 0.717) is 0 Å². The van der Waals surface area contributed by atoms with Crippen LogP contribution >= 0.6 is 0 Å². The van der Waals surface area contributed by atoms with Crippen LogP contribution in [-0.4, -0.2) is 42.6 Å². The molecule has 2 N–H and O–H groups in total. The van der Waals surface area contributed by atoms with Gasteiger partial charge in [-0.05, 0) is 32.1 Å². The van der Waals surface area contributed by atoms with Gasteiger partial charge in [-0.1, -0.05) is 0 Å². The van der Waals surface area contributed by atoms with Gasteiger partial charge in [0.05, 0.1) is 12.1 Å². The highest BCUT2D eigenvalue weighted by molar-refractivity contribution is 5.82. The Labute approximate surface area is 90.8 Å². The standard InChI is InChI=1S/C11H20N2O2/c12-10-5-3-6-13(11(10)14)8-9-4-1-2-7-15-9/h9-10H,1-8,12H2. The summed E-state index contributed by atoms with van der Waals surface area (Å²) in [6.45, 7) is 2.44. The van der Waals surface area contributed by atoms with Gasteiger partial charge in [0.1, 0.15) is 0 Å². The zero-order valence-electron chi connectivity index (χ0n) is 9.15. The van der Waals surface area contributed by atoms with Crippen LogP contribution in [0.2, 0.25) is 0 Å². The Morgan fingerprint density at radius 3 is 2.93 bits per heavy atom. The smallest absolute Gasteiger partial charge is 0.239 e. The first kappa shape index (κ1) is 10.9. The van der Waals surface area contributed by atoms with E-state index in [1.54, 1.807) is 0 Å². The Morgan fingerprint density at radius 2 is 2.20 bits per heavy atom. The maximum atomic E-state index is 11.7. The number of likely N-dealkylation sites (tertiary alicyclic amines) is 1. The Balaban J connectivity index is 1.84. The molecule has 2 aliphatic rings. The number of carbonyl (C=O) groups is 1. The van der Waals surface area contributed by atoms with E-state index >= 15 is 0 Å². The SMILES string of the molecule is NC1CCCN(CC2CCCCO2)C1=O. The number of hydrogen-bond donors (Lipinski definition) is 1. The maximum Gasteiger partial charge on any atom is 0.239 e. The van der Waals surface area contributed by atoms with E-state index in [0.717, 1.165) is 45.4 Å². The highest BCUT2D eigenvalue weighted by atomic mass is 16.5. The summed E-state index contributed by atoms with van der Waals surface area (Å²) < 4.78 is 5.63. The molecule has 0 aliphatic carbocycles. The quantitative estimate of drug-likeness (QED) is 0.725. The van der Waals surface area contributed by atoms with Crippen molar-refractivity contribution in [3.63, 3.8) is 0 Å². The van der Waals surface area contributed by atoms with E-state index in [4.69, 9.17) is 10.5 Å². The lowest BCUT2D eigenvalue weighted by Crippen LogP contribution is -2.51. The summed E-state index contributed by atoms with van der Waals surface area (Å²) in [5.41, 5.74) is 5.74. The van der Waals surface area contributed by atoms with Crippen LogP contribution in [-0.2, 0) is 9.53 Å². The van der Waals surface area contributed by atoms with Crippen molar-refractivity contribution in [3.05, 3.63) is 0 Å². The van der Waals surface area contributed by atoms with Crippen molar-refractivity contribution >= 4 is 5.91 Å². The van der Waals surface area contributed by atoms with Crippen molar-refractivity contribution in [2.45, 2.75) is 44.2 Å². The molecule has 4 nitrogen and oxygen atoms in total. The minimum Gasteiger partial charge on any atom is -0.376 e. The summed E-state index contributed by atoms with van der Waals surface area (Å²) in [7, 11) is 0. The molecule has 2 rings (SSSR count).